The van der Waals surface area contributed by atoms with Gasteiger partial charge < -0.3 is 4.40 Å². The van der Waals surface area contributed by atoms with Crippen molar-refractivity contribution in [1.82, 2.24) is 9.38 Å². The number of hydrogen-bond acceptors (Lipinski definition) is 1. The highest BCUT2D eigenvalue weighted by Gasteiger charge is 2.09. The van der Waals surface area contributed by atoms with Gasteiger partial charge in [-0.3, -0.25) is 0 Å². The molecule has 0 amide bonds. The molecule has 0 saturated heterocycles. The predicted molar refractivity (Wildman–Crippen MR) is 54.0 cm³/mol. The van der Waals surface area contributed by atoms with E-state index in [4.69, 9.17) is 0 Å². The van der Waals surface area contributed by atoms with Crippen molar-refractivity contribution in [3.8, 4) is 0 Å². The van der Waals surface area contributed by atoms with E-state index in [0.717, 1.165) is 11.3 Å². The number of hydrogen-bond donors (Lipinski definition) is 0. The molecule has 0 N–H and O–H groups in total. The van der Waals surface area contributed by atoms with Gasteiger partial charge in [-0.2, -0.15) is 0 Å². The van der Waals surface area contributed by atoms with Gasteiger partial charge in [-0.1, -0.05) is 13.8 Å². The van der Waals surface area contributed by atoms with E-state index < -0.39 is 0 Å². The maximum Gasteiger partial charge on any atom is 0.173 e. The third kappa shape index (κ3) is 1.39. The third-order valence-electron chi connectivity index (χ3n) is 2.25. The molecule has 0 spiro atoms. The largest absolute Gasteiger partial charge is 0.304 e. The van der Waals surface area contributed by atoms with Crippen molar-refractivity contribution in [3.05, 3.63) is 35.5 Å². The van der Waals surface area contributed by atoms with E-state index >= 15 is 0 Å². The molecule has 0 unspecified atom stereocenters. The van der Waals surface area contributed by atoms with E-state index in [1.807, 2.05) is 33.2 Å². The molecule has 2 rings (SSSR count). The van der Waals surface area contributed by atoms with Crippen LogP contribution in [-0.2, 0) is 0 Å². The number of imidazole rings is 1. The van der Waals surface area contributed by atoms with Gasteiger partial charge in [0.1, 0.15) is 0 Å². The molecule has 0 fully saturated rings. The fourth-order valence-electron chi connectivity index (χ4n) is 1.49. The maximum absolute atomic E-state index is 13.4. The molecular weight excluding hydrogens is 179 g/mol. The van der Waals surface area contributed by atoms with Crippen LogP contribution in [0.1, 0.15) is 31.0 Å². The molecule has 2 aromatic heterocycles. The van der Waals surface area contributed by atoms with E-state index in [0.29, 0.717) is 11.6 Å². The number of rotatable bonds is 1. The molecular formula is C11H13FN2. The first-order valence-electron chi connectivity index (χ1n) is 4.72. The van der Waals surface area contributed by atoms with Gasteiger partial charge in [-0.05, 0) is 24.5 Å². The van der Waals surface area contributed by atoms with Gasteiger partial charge in [0.15, 0.2) is 11.5 Å². The van der Waals surface area contributed by atoms with E-state index in [2.05, 4.69) is 4.98 Å². The summed E-state index contributed by atoms with van der Waals surface area (Å²) >= 11 is 0. The Hall–Kier alpha value is -1.38. The van der Waals surface area contributed by atoms with E-state index in [9.17, 15) is 4.39 Å². The van der Waals surface area contributed by atoms with Gasteiger partial charge >= 0.3 is 0 Å². The summed E-state index contributed by atoms with van der Waals surface area (Å²) in [6.45, 7) is 5.97. The van der Waals surface area contributed by atoms with Gasteiger partial charge in [0.25, 0.3) is 0 Å². The average molecular weight is 192 g/mol. The summed E-state index contributed by atoms with van der Waals surface area (Å²) in [6, 6.07) is 1.51. The lowest BCUT2D eigenvalue weighted by molar-refractivity contribution is 0.628. The fraction of sp³-hybridized carbons (Fsp3) is 0.364. The quantitative estimate of drug-likeness (QED) is 0.679. The maximum atomic E-state index is 13.4. The van der Waals surface area contributed by atoms with Crippen LogP contribution in [0.5, 0.6) is 0 Å². The van der Waals surface area contributed by atoms with E-state index in [-0.39, 0.29) is 5.82 Å². The zero-order valence-corrected chi connectivity index (χ0v) is 8.58. The highest BCUT2D eigenvalue weighted by molar-refractivity contribution is 5.43. The molecule has 2 heterocycles. The van der Waals surface area contributed by atoms with Crippen LogP contribution in [0.25, 0.3) is 5.65 Å². The van der Waals surface area contributed by atoms with Gasteiger partial charge in [-0.25, -0.2) is 9.37 Å². The molecule has 0 aromatic carbocycles. The summed E-state index contributed by atoms with van der Waals surface area (Å²) < 4.78 is 15.2. The van der Waals surface area contributed by atoms with Crippen LogP contribution in [-0.4, -0.2) is 9.38 Å². The zero-order valence-electron chi connectivity index (χ0n) is 8.58. The fourth-order valence-corrected chi connectivity index (χ4v) is 1.49. The Bertz CT molecular complexity index is 471. The van der Waals surface area contributed by atoms with Crippen molar-refractivity contribution in [1.29, 1.82) is 0 Å². The number of aryl methyl sites for hydroxylation is 1. The zero-order chi connectivity index (χ0) is 10.3. The highest BCUT2D eigenvalue weighted by Crippen LogP contribution is 2.17. The Kier molecular flexibility index (Phi) is 2.02. The Labute approximate surface area is 82.4 Å². The number of aromatic nitrogens is 2. The summed E-state index contributed by atoms with van der Waals surface area (Å²) in [5.41, 5.74) is 2.25. The summed E-state index contributed by atoms with van der Waals surface area (Å²) in [5.74, 6) is 0.0755. The molecule has 2 nitrogen and oxygen atoms in total. The second-order valence-electron chi connectivity index (χ2n) is 3.92. The summed E-state index contributed by atoms with van der Waals surface area (Å²) in [7, 11) is 0. The Morgan fingerprint density at radius 1 is 1.36 bits per heavy atom. The van der Waals surface area contributed by atoms with Crippen LogP contribution in [0.2, 0.25) is 0 Å². The predicted octanol–water partition coefficient (Wildman–Crippen LogP) is 2.91. The smallest absolute Gasteiger partial charge is 0.173 e. The first-order chi connectivity index (χ1) is 6.58. The molecule has 2 aromatic rings. The van der Waals surface area contributed by atoms with Crippen LogP contribution in [0.4, 0.5) is 4.39 Å². The monoisotopic (exact) mass is 192 g/mol. The molecule has 74 valence electrons. The number of nitrogens with zero attached hydrogens (tertiary/aromatic N) is 2. The van der Waals surface area contributed by atoms with Gasteiger partial charge in [0.05, 0.1) is 5.69 Å². The Morgan fingerprint density at radius 3 is 2.71 bits per heavy atom. The Morgan fingerprint density at radius 2 is 2.07 bits per heavy atom. The van der Waals surface area contributed by atoms with Crippen molar-refractivity contribution in [2.45, 2.75) is 26.7 Å². The van der Waals surface area contributed by atoms with Crippen molar-refractivity contribution < 1.29 is 4.39 Å². The summed E-state index contributed by atoms with van der Waals surface area (Å²) in [5, 5.41) is 0. The van der Waals surface area contributed by atoms with E-state index in [1.54, 1.807) is 4.40 Å². The molecule has 0 aliphatic heterocycles. The van der Waals surface area contributed by atoms with Crippen LogP contribution in [0, 0.1) is 12.7 Å². The number of fused-ring (bicyclic) bond motifs is 1. The molecule has 3 heteroatoms. The second-order valence-corrected chi connectivity index (χ2v) is 3.92. The van der Waals surface area contributed by atoms with Crippen molar-refractivity contribution in [3.63, 3.8) is 0 Å². The van der Waals surface area contributed by atoms with Crippen LogP contribution in [0.15, 0.2) is 18.5 Å². The summed E-state index contributed by atoms with van der Waals surface area (Å²) in [4.78, 5) is 4.24. The minimum absolute atomic E-state index is 0.253. The first kappa shape index (κ1) is 9.19. The van der Waals surface area contributed by atoms with Crippen LogP contribution < -0.4 is 0 Å². The van der Waals surface area contributed by atoms with E-state index in [1.165, 1.54) is 6.07 Å². The van der Waals surface area contributed by atoms with Gasteiger partial charge in [0.2, 0.25) is 0 Å². The van der Waals surface area contributed by atoms with Gasteiger partial charge in [-0.15, -0.1) is 0 Å². The third-order valence-corrected chi connectivity index (χ3v) is 2.25. The minimum Gasteiger partial charge on any atom is -0.304 e. The lowest BCUT2D eigenvalue weighted by Gasteiger charge is -1.96. The molecule has 14 heavy (non-hydrogen) atoms. The van der Waals surface area contributed by atoms with Crippen LogP contribution >= 0.6 is 0 Å². The lowest BCUT2D eigenvalue weighted by Crippen LogP contribution is -1.89. The van der Waals surface area contributed by atoms with Crippen molar-refractivity contribution in [2.75, 3.05) is 0 Å². The average Bonchev–Trinajstić information content (AvgIpc) is 2.47. The molecule has 0 saturated carbocycles. The SMILES string of the molecule is Cc1cc(F)c2nc(C(C)C)cn2c1. The van der Waals surface area contributed by atoms with Crippen LogP contribution in [0.3, 0.4) is 0 Å². The van der Waals surface area contributed by atoms with Crippen molar-refractivity contribution >= 4 is 5.65 Å². The molecule has 0 aliphatic carbocycles. The normalized spacial score (nSPS) is 11.5. The number of halogens is 1. The standard InChI is InChI=1S/C11H13FN2/c1-7(2)10-6-14-5-8(3)4-9(12)11(14)13-10/h4-7H,1-3H3. The molecule has 0 bridgehead atoms. The molecule has 0 atom stereocenters. The number of pyridine rings is 1. The second kappa shape index (κ2) is 3.08. The minimum atomic E-state index is -0.253. The van der Waals surface area contributed by atoms with Crippen molar-refractivity contribution in [2.24, 2.45) is 0 Å². The van der Waals surface area contributed by atoms with Gasteiger partial charge in [0, 0.05) is 12.4 Å². The molecule has 0 aliphatic rings. The molecule has 0 radical (unpaired) electrons. The first-order valence-corrected chi connectivity index (χ1v) is 4.72. The Balaban J connectivity index is 2.70. The highest BCUT2D eigenvalue weighted by atomic mass is 19.1. The lowest BCUT2D eigenvalue weighted by atomic mass is 10.2. The summed E-state index contributed by atoms with van der Waals surface area (Å²) in [6.07, 6.45) is 3.77. The topological polar surface area (TPSA) is 17.3 Å².